The van der Waals surface area contributed by atoms with Crippen LogP contribution in [0.5, 0.6) is 5.75 Å². The van der Waals surface area contributed by atoms with Crippen molar-refractivity contribution in [1.82, 2.24) is 0 Å². The van der Waals surface area contributed by atoms with E-state index < -0.39 is 6.10 Å². The van der Waals surface area contributed by atoms with Gasteiger partial charge in [-0.1, -0.05) is 60.7 Å². The van der Waals surface area contributed by atoms with Crippen molar-refractivity contribution in [1.29, 1.82) is 0 Å². The lowest BCUT2D eigenvalue weighted by Crippen LogP contribution is -2.80. The Hall–Kier alpha value is -2.62. The molecule has 3 N–H and O–H groups in total. The fourth-order valence-corrected chi connectivity index (χ4v) is 2.69. The molecule has 0 bridgehead atoms. The van der Waals surface area contributed by atoms with Crippen LogP contribution >= 0.6 is 0 Å². The molecule has 0 unspecified atom stereocenters. The summed E-state index contributed by atoms with van der Waals surface area (Å²) in [5.74, 6) is 0.779. The Kier molecular flexibility index (Phi) is 6.21. The van der Waals surface area contributed by atoms with Crippen LogP contribution < -0.4 is 10.1 Å². The topological polar surface area (TPSA) is 46.1 Å². The monoisotopic (exact) mass is 334 g/mol. The Morgan fingerprint density at radius 1 is 0.720 bits per heavy atom. The van der Waals surface area contributed by atoms with Gasteiger partial charge in [-0.2, -0.15) is 0 Å². The van der Waals surface area contributed by atoms with Gasteiger partial charge >= 0.3 is 0 Å². The van der Waals surface area contributed by atoms with Crippen molar-refractivity contribution in [2.24, 2.45) is 0 Å². The summed E-state index contributed by atoms with van der Waals surface area (Å²) in [5, 5.41) is 12.4. The van der Waals surface area contributed by atoms with Crippen LogP contribution in [0.2, 0.25) is 0 Å². The number of ether oxygens (including phenoxy) is 1. The van der Waals surface area contributed by atoms with Crippen molar-refractivity contribution >= 4 is 0 Å². The zero-order valence-electron chi connectivity index (χ0n) is 14.2. The van der Waals surface area contributed by atoms with E-state index in [-0.39, 0.29) is 6.61 Å². The average Bonchev–Trinajstić information content (AvgIpc) is 2.68. The largest absolute Gasteiger partial charge is 0.491 e. The summed E-state index contributed by atoms with van der Waals surface area (Å²) in [4.78, 5) is 0. The molecule has 0 aliphatic heterocycles. The molecule has 3 aromatic carbocycles. The summed E-state index contributed by atoms with van der Waals surface area (Å²) in [6.07, 6.45) is -0.611. The van der Waals surface area contributed by atoms with E-state index in [0.717, 1.165) is 24.4 Å². The molecule has 0 amide bonds. The van der Waals surface area contributed by atoms with E-state index >= 15 is 0 Å². The highest BCUT2D eigenvalue weighted by Crippen LogP contribution is 2.16. The zero-order valence-corrected chi connectivity index (χ0v) is 14.2. The molecule has 1 atom stereocenters. The first kappa shape index (κ1) is 17.2. The van der Waals surface area contributed by atoms with Gasteiger partial charge < -0.3 is 15.2 Å². The van der Waals surface area contributed by atoms with E-state index in [4.69, 9.17) is 4.74 Å². The van der Waals surface area contributed by atoms with Crippen LogP contribution in [0.25, 0.3) is 0 Å². The highest BCUT2D eigenvalue weighted by Gasteiger charge is 2.07. The SMILES string of the molecule is O[C@@H](COc1ccc(C[NH2+]Cc2ccccc2)cc1)c1ccccc1. The van der Waals surface area contributed by atoms with Gasteiger partial charge in [-0.15, -0.1) is 0 Å². The molecule has 0 aliphatic rings. The van der Waals surface area contributed by atoms with Gasteiger partial charge in [0.25, 0.3) is 0 Å². The predicted octanol–water partition coefficient (Wildman–Crippen LogP) is 3.06. The second-order valence-corrected chi connectivity index (χ2v) is 6.06. The van der Waals surface area contributed by atoms with E-state index in [1.807, 2.05) is 48.5 Å². The van der Waals surface area contributed by atoms with E-state index in [2.05, 4.69) is 41.7 Å². The van der Waals surface area contributed by atoms with Crippen molar-refractivity contribution in [2.75, 3.05) is 6.61 Å². The van der Waals surface area contributed by atoms with Crippen LogP contribution in [0.1, 0.15) is 22.8 Å². The number of aliphatic hydroxyl groups excluding tert-OH is 1. The summed E-state index contributed by atoms with van der Waals surface area (Å²) in [7, 11) is 0. The van der Waals surface area contributed by atoms with Gasteiger partial charge in [-0.25, -0.2) is 0 Å². The van der Waals surface area contributed by atoms with Gasteiger partial charge in [-0.05, 0) is 29.8 Å². The number of benzene rings is 3. The van der Waals surface area contributed by atoms with E-state index in [1.54, 1.807) is 0 Å². The molecule has 3 rings (SSSR count). The van der Waals surface area contributed by atoms with Gasteiger partial charge in [-0.3, -0.25) is 0 Å². The minimum atomic E-state index is -0.611. The fraction of sp³-hybridized carbons (Fsp3) is 0.182. The van der Waals surface area contributed by atoms with E-state index in [1.165, 1.54) is 11.1 Å². The third-order valence-electron chi connectivity index (χ3n) is 4.12. The number of nitrogens with two attached hydrogens (primary N) is 1. The standard InChI is InChI=1S/C22H23NO2/c24-22(20-9-5-2-6-10-20)17-25-21-13-11-19(12-14-21)16-23-15-18-7-3-1-4-8-18/h1-14,22-24H,15-17H2/p+1/t22-/m0/s1. The van der Waals surface area contributed by atoms with E-state index in [0.29, 0.717) is 0 Å². The molecular formula is C22H24NO2+. The summed E-state index contributed by atoms with van der Waals surface area (Å²) < 4.78 is 5.69. The molecule has 0 fully saturated rings. The molecule has 0 aromatic heterocycles. The number of quaternary nitrogens is 1. The Bertz CT molecular complexity index is 742. The Labute approximate surface area is 148 Å². The number of aliphatic hydroxyl groups is 1. The average molecular weight is 334 g/mol. The van der Waals surface area contributed by atoms with Crippen molar-refractivity contribution in [3.8, 4) is 5.75 Å². The Morgan fingerprint density at radius 3 is 1.92 bits per heavy atom. The zero-order chi connectivity index (χ0) is 17.3. The molecule has 0 radical (unpaired) electrons. The number of hydrogen-bond acceptors (Lipinski definition) is 2. The maximum absolute atomic E-state index is 10.1. The first-order chi connectivity index (χ1) is 12.3. The molecule has 0 saturated heterocycles. The fourth-order valence-electron chi connectivity index (χ4n) is 2.69. The van der Waals surface area contributed by atoms with Crippen LogP contribution in [-0.4, -0.2) is 11.7 Å². The lowest BCUT2D eigenvalue weighted by Gasteiger charge is -2.13. The number of rotatable bonds is 8. The second-order valence-electron chi connectivity index (χ2n) is 6.06. The molecule has 0 saturated carbocycles. The van der Waals surface area contributed by atoms with Crippen molar-refractivity contribution in [3.05, 3.63) is 102 Å². The van der Waals surface area contributed by atoms with Gasteiger partial charge in [0, 0.05) is 11.1 Å². The summed E-state index contributed by atoms with van der Waals surface area (Å²) >= 11 is 0. The lowest BCUT2D eigenvalue weighted by molar-refractivity contribution is -0.686. The van der Waals surface area contributed by atoms with Crippen LogP contribution in [-0.2, 0) is 13.1 Å². The Morgan fingerprint density at radius 2 is 1.28 bits per heavy atom. The van der Waals surface area contributed by atoms with Gasteiger partial charge in [0.05, 0.1) is 0 Å². The molecule has 3 aromatic rings. The minimum Gasteiger partial charge on any atom is -0.491 e. The predicted molar refractivity (Wildman–Crippen MR) is 99.1 cm³/mol. The Balaban J connectivity index is 1.44. The molecule has 3 nitrogen and oxygen atoms in total. The van der Waals surface area contributed by atoms with Crippen molar-refractivity contribution in [2.45, 2.75) is 19.2 Å². The normalized spacial score (nSPS) is 11.9. The summed E-state index contributed by atoms with van der Waals surface area (Å²) in [6.45, 7) is 2.16. The highest BCUT2D eigenvalue weighted by atomic mass is 16.5. The smallest absolute Gasteiger partial charge is 0.119 e. The molecule has 0 spiro atoms. The summed E-state index contributed by atoms with van der Waals surface area (Å²) in [5.41, 5.74) is 3.46. The van der Waals surface area contributed by atoms with Gasteiger partial charge in [0.15, 0.2) is 0 Å². The number of hydrogen-bond donors (Lipinski definition) is 2. The van der Waals surface area contributed by atoms with Crippen LogP contribution in [0.15, 0.2) is 84.9 Å². The minimum absolute atomic E-state index is 0.253. The molecule has 0 aliphatic carbocycles. The first-order valence-electron chi connectivity index (χ1n) is 8.61. The molecule has 25 heavy (non-hydrogen) atoms. The maximum atomic E-state index is 10.1. The van der Waals surface area contributed by atoms with Crippen molar-refractivity contribution < 1.29 is 15.2 Å². The van der Waals surface area contributed by atoms with Gasteiger partial charge in [0.1, 0.15) is 31.5 Å². The first-order valence-corrected chi connectivity index (χ1v) is 8.61. The maximum Gasteiger partial charge on any atom is 0.119 e. The molecule has 128 valence electrons. The van der Waals surface area contributed by atoms with Crippen molar-refractivity contribution in [3.63, 3.8) is 0 Å². The summed E-state index contributed by atoms with van der Waals surface area (Å²) in [6, 6.07) is 28.1. The van der Waals surface area contributed by atoms with Crippen LogP contribution in [0.4, 0.5) is 0 Å². The van der Waals surface area contributed by atoms with Crippen LogP contribution in [0.3, 0.4) is 0 Å². The molecular weight excluding hydrogens is 310 g/mol. The quantitative estimate of drug-likeness (QED) is 0.665. The van der Waals surface area contributed by atoms with Gasteiger partial charge in [0.2, 0.25) is 0 Å². The van der Waals surface area contributed by atoms with E-state index in [9.17, 15) is 5.11 Å². The lowest BCUT2D eigenvalue weighted by atomic mass is 10.1. The molecule has 3 heteroatoms. The second kappa shape index (κ2) is 9.02. The van der Waals surface area contributed by atoms with Crippen LogP contribution in [0, 0.1) is 0 Å². The third-order valence-corrected chi connectivity index (χ3v) is 4.12. The third kappa shape index (κ3) is 5.45. The molecule has 0 heterocycles. The highest BCUT2D eigenvalue weighted by molar-refractivity contribution is 5.27.